The summed E-state index contributed by atoms with van der Waals surface area (Å²) in [6.07, 6.45) is 0.801. The molecule has 2 aliphatic heterocycles. The van der Waals surface area contributed by atoms with Crippen molar-refractivity contribution in [3.63, 3.8) is 0 Å². The number of hydrogen-bond donors (Lipinski definition) is 0. The molecule has 0 bridgehead atoms. The summed E-state index contributed by atoms with van der Waals surface area (Å²) in [6.45, 7) is 5.53. The lowest BCUT2D eigenvalue weighted by molar-refractivity contribution is 0.0782. The van der Waals surface area contributed by atoms with E-state index in [0.29, 0.717) is 11.8 Å². The van der Waals surface area contributed by atoms with Crippen molar-refractivity contribution >= 4 is 23.1 Å². The predicted octanol–water partition coefficient (Wildman–Crippen LogP) is 1.96. The van der Waals surface area contributed by atoms with E-state index in [1.807, 2.05) is 64.8 Å². The smallest absolute Gasteiger partial charge is 0.253 e. The fraction of sp³-hybridized carbons (Fsp3) is 0.455. The van der Waals surface area contributed by atoms with Crippen molar-refractivity contribution in [2.75, 3.05) is 50.1 Å². The average molecular weight is 406 g/mol. The van der Waals surface area contributed by atoms with Crippen molar-refractivity contribution in [1.29, 1.82) is 0 Å². The van der Waals surface area contributed by atoms with Gasteiger partial charge in [-0.3, -0.25) is 4.79 Å². The van der Waals surface area contributed by atoms with Crippen LogP contribution in [0.15, 0.2) is 36.4 Å². The molecule has 1 amide bonds. The molecule has 2 fully saturated rings. The van der Waals surface area contributed by atoms with Gasteiger partial charge in [0, 0.05) is 69.8 Å². The monoisotopic (exact) mass is 405 g/mol. The number of aromatic nitrogens is 4. The largest absolute Gasteiger partial charge is 0.378 e. The molecule has 2 saturated heterocycles. The van der Waals surface area contributed by atoms with Gasteiger partial charge in [-0.1, -0.05) is 6.92 Å². The van der Waals surface area contributed by atoms with Gasteiger partial charge in [-0.2, -0.15) is 4.52 Å². The van der Waals surface area contributed by atoms with Gasteiger partial charge in [-0.25, -0.2) is 0 Å². The first kappa shape index (κ1) is 18.8. The molecule has 8 nitrogen and oxygen atoms in total. The summed E-state index contributed by atoms with van der Waals surface area (Å²) in [5.41, 5.74) is 2.65. The molecular weight excluding hydrogens is 378 g/mol. The Labute approximate surface area is 176 Å². The van der Waals surface area contributed by atoms with Crippen LogP contribution in [0.2, 0.25) is 0 Å². The summed E-state index contributed by atoms with van der Waals surface area (Å²) < 4.78 is 1.84. The Balaban J connectivity index is 1.26. The minimum absolute atomic E-state index is 0.137. The third kappa shape index (κ3) is 3.16. The quantitative estimate of drug-likeness (QED) is 0.661. The normalized spacial score (nSPS) is 20.8. The van der Waals surface area contributed by atoms with Crippen LogP contribution in [0, 0.1) is 11.8 Å². The summed E-state index contributed by atoms with van der Waals surface area (Å²) in [6, 6.07) is 11.9. The number of aryl methyl sites for hydroxylation is 1. The number of fused-ring (bicyclic) bond motifs is 2. The summed E-state index contributed by atoms with van der Waals surface area (Å²) in [4.78, 5) is 19.4. The lowest BCUT2D eigenvalue weighted by atomic mass is 10.0. The molecule has 30 heavy (non-hydrogen) atoms. The van der Waals surface area contributed by atoms with Crippen LogP contribution in [0.25, 0.3) is 5.65 Å². The molecule has 0 spiro atoms. The van der Waals surface area contributed by atoms with E-state index in [-0.39, 0.29) is 5.91 Å². The van der Waals surface area contributed by atoms with Crippen LogP contribution >= 0.6 is 0 Å². The van der Waals surface area contributed by atoms with Gasteiger partial charge < -0.3 is 14.7 Å². The van der Waals surface area contributed by atoms with Gasteiger partial charge in [-0.15, -0.1) is 15.3 Å². The highest BCUT2D eigenvalue weighted by Crippen LogP contribution is 2.34. The van der Waals surface area contributed by atoms with Crippen LogP contribution in [-0.2, 0) is 6.42 Å². The highest BCUT2D eigenvalue weighted by atomic mass is 16.2. The lowest BCUT2D eigenvalue weighted by Crippen LogP contribution is -2.33. The third-order valence-electron chi connectivity index (χ3n) is 6.36. The number of anilines is 2. The Morgan fingerprint density at radius 2 is 1.70 bits per heavy atom. The first-order chi connectivity index (χ1) is 14.5. The number of carbonyl (C=O) groups is 1. The molecule has 0 aliphatic carbocycles. The zero-order valence-electron chi connectivity index (χ0n) is 17.7. The first-order valence-corrected chi connectivity index (χ1v) is 10.6. The SMILES string of the molecule is CCc1nnc2ccc(N3CC4CN(C(=O)c5ccc(N(C)C)cc5)CC4C3)nn12. The Kier molecular flexibility index (Phi) is 4.56. The second-order valence-corrected chi connectivity index (χ2v) is 8.51. The second-order valence-electron chi connectivity index (χ2n) is 8.51. The van der Waals surface area contributed by atoms with Gasteiger partial charge >= 0.3 is 0 Å². The maximum absolute atomic E-state index is 13.0. The number of benzene rings is 1. The van der Waals surface area contributed by atoms with E-state index >= 15 is 0 Å². The standard InChI is InChI=1S/C22H27N7O/c1-4-19-23-24-20-9-10-21(25-29(19)20)27-11-16-13-28(14-17(16)12-27)22(30)15-5-7-18(8-6-15)26(2)3/h5-10,16-17H,4,11-14H2,1-3H3. The molecule has 2 unspecified atom stereocenters. The predicted molar refractivity (Wildman–Crippen MR) is 116 cm³/mol. The van der Waals surface area contributed by atoms with Crippen molar-refractivity contribution in [3.05, 3.63) is 47.8 Å². The lowest BCUT2D eigenvalue weighted by Gasteiger charge is -2.22. The third-order valence-corrected chi connectivity index (χ3v) is 6.36. The zero-order valence-corrected chi connectivity index (χ0v) is 17.7. The van der Waals surface area contributed by atoms with E-state index in [2.05, 4.69) is 22.0 Å². The zero-order chi connectivity index (χ0) is 20.8. The molecule has 0 saturated carbocycles. The summed E-state index contributed by atoms with van der Waals surface area (Å²) in [7, 11) is 4.01. The second kappa shape index (κ2) is 7.27. The average Bonchev–Trinajstić information content (AvgIpc) is 3.45. The van der Waals surface area contributed by atoms with Crippen LogP contribution in [-0.4, -0.2) is 70.9 Å². The van der Waals surface area contributed by atoms with Crippen molar-refractivity contribution in [2.24, 2.45) is 11.8 Å². The Hall–Kier alpha value is -3.16. The van der Waals surface area contributed by atoms with Gasteiger partial charge in [-0.05, 0) is 36.4 Å². The fourth-order valence-electron chi connectivity index (χ4n) is 4.64. The van der Waals surface area contributed by atoms with Gasteiger partial charge in [0.05, 0.1) is 0 Å². The first-order valence-electron chi connectivity index (χ1n) is 10.6. The molecule has 4 heterocycles. The van der Waals surface area contributed by atoms with E-state index in [0.717, 1.165) is 61.1 Å². The highest BCUT2D eigenvalue weighted by Gasteiger charge is 2.42. The molecule has 2 aliphatic rings. The number of nitrogens with zero attached hydrogens (tertiary/aromatic N) is 7. The van der Waals surface area contributed by atoms with E-state index < -0.39 is 0 Å². The van der Waals surface area contributed by atoms with E-state index in [9.17, 15) is 4.79 Å². The number of likely N-dealkylation sites (tertiary alicyclic amines) is 1. The van der Waals surface area contributed by atoms with E-state index in [1.54, 1.807) is 0 Å². The van der Waals surface area contributed by atoms with Gasteiger partial charge in [0.2, 0.25) is 0 Å². The Morgan fingerprint density at radius 3 is 2.33 bits per heavy atom. The molecule has 1 aromatic carbocycles. The maximum Gasteiger partial charge on any atom is 0.253 e. The minimum Gasteiger partial charge on any atom is -0.378 e. The van der Waals surface area contributed by atoms with Crippen LogP contribution in [0.4, 0.5) is 11.5 Å². The van der Waals surface area contributed by atoms with Crippen molar-refractivity contribution < 1.29 is 4.79 Å². The van der Waals surface area contributed by atoms with Crippen molar-refractivity contribution in [2.45, 2.75) is 13.3 Å². The maximum atomic E-state index is 13.0. The number of hydrogen-bond acceptors (Lipinski definition) is 6. The number of carbonyl (C=O) groups excluding carboxylic acids is 1. The van der Waals surface area contributed by atoms with Crippen LogP contribution in [0.3, 0.4) is 0 Å². The molecule has 156 valence electrons. The van der Waals surface area contributed by atoms with E-state index in [4.69, 9.17) is 5.10 Å². The molecule has 5 rings (SSSR count). The Bertz CT molecular complexity index is 1060. The molecule has 2 atom stereocenters. The topological polar surface area (TPSA) is 69.9 Å². The van der Waals surface area contributed by atoms with Crippen LogP contribution in [0.5, 0.6) is 0 Å². The molecule has 0 N–H and O–H groups in total. The number of amides is 1. The van der Waals surface area contributed by atoms with Gasteiger partial charge in [0.25, 0.3) is 5.91 Å². The van der Waals surface area contributed by atoms with Gasteiger partial charge in [0.15, 0.2) is 11.5 Å². The van der Waals surface area contributed by atoms with E-state index in [1.165, 1.54) is 0 Å². The van der Waals surface area contributed by atoms with Gasteiger partial charge in [0.1, 0.15) is 5.82 Å². The summed E-state index contributed by atoms with van der Waals surface area (Å²) >= 11 is 0. The van der Waals surface area contributed by atoms with Crippen molar-refractivity contribution in [3.8, 4) is 0 Å². The molecule has 2 aromatic heterocycles. The molecule has 0 radical (unpaired) electrons. The molecule has 3 aromatic rings. The molecular formula is C22H27N7O. The summed E-state index contributed by atoms with van der Waals surface area (Å²) in [5.74, 6) is 2.95. The number of rotatable bonds is 4. The Morgan fingerprint density at radius 1 is 1.00 bits per heavy atom. The van der Waals surface area contributed by atoms with Crippen LogP contribution < -0.4 is 9.80 Å². The highest BCUT2D eigenvalue weighted by molar-refractivity contribution is 5.94. The van der Waals surface area contributed by atoms with Crippen LogP contribution in [0.1, 0.15) is 23.1 Å². The fourth-order valence-corrected chi connectivity index (χ4v) is 4.64. The van der Waals surface area contributed by atoms with Crippen molar-refractivity contribution in [1.82, 2.24) is 24.7 Å². The summed E-state index contributed by atoms with van der Waals surface area (Å²) in [5, 5.41) is 13.1. The molecule has 8 heteroatoms. The minimum atomic E-state index is 0.137.